The number of carbonyl (C=O) groups is 3. The van der Waals surface area contributed by atoms with E-state index in [1.807, 2.05) is 23.1 Å². The molecule has 0 spiro atoms. The van der Waals surface area contributed by atoms with Gasteiger partial charge in [0.2, 0.25) is 5.91 Å². The van der Waals surface area contributed by atoms with Crippen LogP contribution in [0, 0.1) is 5.92 Å². The molecule has 0 unspecified atom stereocenters. The molecule has 6 heteroatoms. The number of aryl methyl sites for hydroxylation is 2. The van der Waals surface area contributed by atoms with Gasteiger partial charge >= 0.3 is 5.97 Å². The maximum atomic E-state index is 12.3. The topological polar surface area (TPSA) is 75.7 Å². The number of fused-ring (bicyclic) bond motifs is 1. The number of nitrogens with one attached hydrogen (secondary N) is 1. The van der Waals surface area contributed by atoms with E-state index in [4.69, 9.17) is 4.74 Å². The smallest absolute Gasteiger partial charge is 0.311 e. The number of hydrogen-bond donors (Lipinski definition) is 1. The highest BCUT2D eigenvalue weighted by Crippen LogP contribution is 2.30. The van der Waals surface area contributed by atoms with Crippen molar-refractivity contribution in [3.05, 3.63) is 29.3 Å². The van der Waals surface area contributed by atoms with Crippen molar-refractivity contribution in [3.8, 4) is 0 Å². The van der Waals surface area contributed by atoms with Gasteiger partial charge < -0.3 is 15.0 Å². The van der Waals surface area contributed by atoms with E-state index in [2.05, 4.69) is 5.32 Å². The summed E-state index contributed by atoms with van der Waals surface area (Å²) in [5, 5.41) is 2.79. The SMILES string of the molecule is O=C(COC(=O)[C@H]1CC(=O)N(C2CCCC2)C1)Nc1ccc2c(c1)CCC2. The van der Waals surface area contributed by atoms with Crippen LogP contribution in [0.25, 0.3) is 0 Å². The summed E-state index contributed by atoms with van der Waals surface area (Å²) in [4.78, 5) is 38.4. The molecule has 144 valence electrons. The molecule has 27 heavy (non-hydrogen) atoms. The summed E-state index contributed by atoms with van der Waals surface area (Å²) in [7, 11) is 0. The number of hydrogen-bond acceptors (Lipinski definition) is 4. The average Bonchev–Trinajstić information content (AvgIpc) is 3.39. The van der Waals surface area contributed by atoms with Gasteiger partial charge in [-0.2, -0.15) is 0 Å². The first kappa shape index (κ1) is 18.0. The van der Waals surface area contributed by atoms with E-state index in [0.717, 1.165) is 50.6 Å². The molecule has 1 aromatic carbocycles. The Morgan fingerprint density at radius 2 is 1.89 bits per heavy atom. The lowest BCUT2D eigenvalue weighted by atomic mass is 10.1. The molecular weight excluding hydrogens is 344 g/mol. The minimum Gasteiger partial charge on any atom is -0.455 e. The van der Waals surface area contributed by atoms with Crippen LogP contribution in [0.15, 0.2) is 18.2 Å². The molecule has 0 bridgehead atoms. The van der Waals surface area contributed by atoms with Crippen molar-refractivity contribution in [1.82, 2.24) is 4.90 Å². The highest BCUT2D eigenvalue weighted by Gasteiger charge is 2.39. The molecule has 2 aliphatic carbocycles. The van der Waals surface area contributed by atoms with Gasteiger partial charge in [0.1, 0.15) is 0 Å². The fourth-order valence-electron chi connectivity index (χ4n) is 4.56. The number of anilines is 1. The summed E-state index contributed by atoms with van der Waals surface area (Å²) in [6, 6.07) is 6.21. The van der Waals surface area contributed by atoms with Crippen LogP contribution in [-0.4, -0.2) is 41.9 Å². The van der Waals surface area contributed by atoms with Crippen LogP contribution in [0.2, 0.25) is 0 Å². The number of ether oxygens (including phenoxy) is 1. The van der Waals surface area contributed by atoms with E-state index in [9.17, 15) is 14.4 Å². The van der Waals surface area contributed by atoms with Crippen LogP contribution in [0.5, 0.6) is 0 Å². The quantitative estimate of drug-likeness (QED) is 0.808. The first-order valence-corrected chi connectivity index (χ1v) is 9.98. The van der Waals surface area contributed by atoms with E-state index in [0.29, 0.717) is 6.54 Å². The van der Waals surface area contributed by atoms with Gasteiger partial charge in [-0.25, -0.2) is 0 Å². The predicted molar refractivity (Wildman–Crippen MR) is 100 cm³/mol. The third-order valence-corrected chi connectivity index (χ3v) is 5.99. The molecule has 1 aromatic rings. The van der Waals surface area contributed by atoms with Crippen molar-refractivity contribution < 1.29 is 19.1 Å². The first-order chi connectivity index (χ1) is 13.1. The Hall–Kier alpha value is -2.37. The van der Waals surface area contributed by atoms with Gasteiger partial charge in [0, 0.05) is 24.7 Å². The van der Waals surface area contributed by atoms with Crippen molar-refractivity contribution in [2.24, 2.45) is 5.92 Å². The van der Waals surface area contributed by atoms with Crippen LogP contribution < -0.4 is 5.32 Å². The second-order valence-electron chi connectivity index (χ2n) is 7.88. The van der Waals surface area contributed by atoms with E-state index in [1.54, 1.807) is 0 Å². The Labute approximate surface area is 159 Å². The lowest BCUT2D eigenvalue weighted by molar-refractivity contribution is -0.151. The summed E-state index contributed by atoms with van der Waals surface area (Å²) in [5.41, 5.74) is 3.36. The van der Waals surface area contributed by atoms with Gasteiger partial charge in [0.25, 0.3) is 5.91 Å². The maximum Gasteiger partial charge on any atom is 0.311 e. The fraction of sp³-hybridized carbons (Fsp3) is 0.571. The van der Waals surface area contributed by atoms with Crippen LogP contribution in [0.1, 0.15) is 49.7 Å². The number of rotatable bonds is 5. The largest absolute Gasteiger partial charge is 0.455 e. The normalized spacial score (nSPS) is 22.1. The molecule has 0 aromatic heterocycles. The van der Waals surface area contributed by atoms with Crippen LogP contribution >= 0.6 is 0 Å². The zero-order valence-electron chi connectivity index (χ0n) is 15.5. The van der Waals surface area contributed by atoms with E-state index in [-0.39, 0.29) is 30.9 Å². The van der Waals surface area contributed by atoms with E-state index >= 15 is 0 Å². The minimum atomic E-state index is -0.453. The number of nitrogens with zero attached hydrogens (tertiary/aromatic N) is 1. The monoisotopic (exact) mass is 370 g/mol. The number of likely N-dealkylation sites (tertiary alicyclic amines) is 1. The van der Waals surface area contributed by atoms with Crippen molar-refractivity contribution in [1.29, 1.82) is 0 Å². The maximum absolute atomic E-state index is 12.3. The standard InChI is InChI=1S/C21H26N2O4/c24-19(22-17-9-8-14-4-3-5-15(14)10-17)13-27-21(26)16-11-20(25)23(12-16)18-6-1-2-7-18/h8-10,16,18H,1-7,11-13H2,(H,22,24)/t16-/m0/s1. The molecule has 3 aliphatic rings. The first-order valence-electron chi connectivity index (χ1n) is 9.98. The molecule has 2 fully saturated rings. The molecule has 4 rings (SSSR count). The van der Waals surface area contributed by atoms with Gasteiger partial charge in [-0.1, -0.05) is 18.9 Å². The van der Waals surface area contributed by atoms with E-state index < -0.39 is 11.9 Å². The fourth-order valence-corrected chi connectivity index (χ4v) is 4.56. The van der Waals surface area contributed by atoms with Gasteiger partial charge in [-0.05, 0) is 55.4 Å². The molecule has 1 saturated carbocycles. The molecule has 6 nitrogen and oxygen atoms in total. The third kappa shape index (κ3) is 3.99. The van der Waals surface area contributed by atoms with Gasteiger partial charge in [0.15, 0.2) is 6.61 Å². The highest BCUT2D eigenvalue weighted by atomic mass is 16.5. The number of benzene rings is 1. The molecular formula is C21H26N2O4. The number of carbonyl (C=O) groups excluding carboxylic acids is 3. The van der Waals surface area contributed by atoms with Crippen molar-refractivity contribution in [2.45, 2.75) is 57.4 Å². The second-order valence-corrected chi connectivity index (χ2v) is 7.88. The Balaban J connectivity index is 1.25. The molecule has 1 saturated heterocycles. The highest BCUT2D eigenvalue weighted by molar-refractivity contribution is 5.93. The van der Waals surface area contributed by atoms with Crippen molar-refractivity contribution >= 4 is 23.5 Å². The number of esters is 1. The third-order valence-electron chi connectivity index (χ3n) is 5.99. The minimum absolute atomic E-state index is 0.0337. The molecule has 0 radical (unpaired) electrons. The van der Waals surface area contributed by atoms with Crippen molar-refractivity contribution in [3.63, 3.8) is 0 Å². The average molecular weight is 370 g/mol. The lowest BCUT2D eigenvalue weighted by Crippen LogP contribution is -2.35. The van der Waals surface area contributed by atoms with Crippen molar-refractivity contribution in [2.75, 3.05) is 18.5 Å². The second kappa shape index (κ2) is 7.71. The lowest BCUT2D eigenvalue weighted by Gasteiger charge is -2.23. The zero-order valence-corrected chi connectivity index (χ0v) is 15.5. The van der Waals surface area contributed by atoms with Crippen LogP contribution in [-0.2, 0) is 32.0 Å². The van der Waals surface area contributed by atoms with Gasteiger partial charge in [-0.3, -0.25) is 14.4 Å². The summed E-state index contributed by atoms with van der Waals surface area (Å²) in [6.45, 7) is 0.110. The van der Waals surface area contributed by atoms with Gasteiger partial charge in [-0.15, -0.1) is 0 Å². The van der Waals surface area contributed by atoms with Crippen LogP contribution in [0.4, 0.5) is 5.69 Å². The Kier molecular flexibility index (Phi) is 5.14. The van der Waals surface area contributed by atoms with E-state index in [1.165, 1.54) is 11.1 Å². The predicted octanol–water partition coefficient (Wildman–Crippen LogP) is 2.45. The zero-order chi connectivity index (χ0) is 18.8. The summed E-state index contributed by atoms with van der Waals surface area (Å²) in [6.07, 6.45) is 7.83. The molecule has 1 heterocycles. The molecule has 1 N–H and O–H groups in total. The molecule has 2 amide bonds. The Morgan fingerprint density at radius 3 is 2.70 bits per heavy atom. The molecule has 1 aliphatic heterocycles. The van der Waals surface area contributed by atoms with Gasteiger partial charge in [0.05, 0.1) is 5.92 Å². The Bertz CT molecular complexity index is 755. The number of amides is 2. The summed E-state index contributed by atoms with van der Waals surface area (Å²) in [5.74, 6) is -1.22. The summed E-state index contributed by atoms with van der Waals surface area (Å²) >= 11 is 0. The molecule has 1 atom stereocenters. The van der Waals surface area contributed by atoms with Crippen LogP contribution in [0.3, 0.4) is 0 Å². The summed E-state index contributed by atoms with van der Waals surface area (Å²) < 4.78 is 5.18. The Morgan fingerprint density at radius 1 is 1.11 bits per heavy atom.